The molecule has 0 saturated carbocycles. The molecule has 0 radical (unpaired) electrons. The fourth-order valence-corrected chi connectivity index (χ4v) is 1.52. The molecule has 0 aliphatic carbocycles. The minimum atomic E-state index is -0.349. The van der Waals surface area contributed by atoms with E-state index in [2.05, 4.69) is 0 Å². The number of amides is 1. The molecule has 0 heterocycles. The molecule has 1 rings (SSSR count). The van der Waals surface area contributed by atoms with Gasteiger partial charge in [-0.1, -0.05) is 6.07 Å². The average molecular weight is 193 g/mol. The summed E-state index contributed by atoms with van der Waals surface area (Å²) < 4.78 is 0. The number of aromatic hydroxyl groups is 1. The summed E-state index contributed by atoms with van der Waals surface area (Å²) in [7, 11) is 0. The van der Waals surface area contributed by atoms with Crippen LogP contribution in [0.5, 0.6) is 5.75 Å². The summed E-state index contributed by atoms with van der Waals surface area (Å²) in [5, 5.41) is 9.63. The summed E-state index contributed by atoms with van der Waals surface area (Å²) in [5.41, 5.74) is 8.56. The number of carbonyl (C=O) groups is 1. The standard InChI is InChI=1S/C11H15NO2/c1-6-4-9(5-10(12)13)7(2)8(3)11(6)14/h4,14H,5H2,1-3H3,(H2,12,13). The zero-order valence-electron chi connectivity index (χ0n) is 8.72. The summed E-state index contributed by atoms with van der Waals surface area (Å²) in [6, 6.07) is 1.81. The minimum Gasteiger partial charge on any atom is -0.507 e. The number of hydrogen-bond acceptors (Lipinski definition) is 2. The van der Waals surface area contributed by atoms with Crippen LogP contribution in [0.25, 0.3) is 0 Å². The van der Waals surface area contributed by atoms with E-state index < -0.39 is 0 Å². The van der Waals surface area contributed by atoms with E-state index >= 15 is 0 Å². The number of aryl methyl sites for hydroxylation is 1. The van der Waals surface area contributed by atoms with Crippen molar-refractivity contribution in [3.63, 3.8) is 0 Å². The number of rotatable bonds is 2. The number of benzene rings is 1. The second-order valence-electron chi connectivity index (χ2n) is 3.59. The zero-order valence-corrected chi connectivity index (χ0v) is 8.72. The van der Waals surface area contributed by atoms with E-state index in [1.165, 1.54) is 0 Å². The summed E-state index contributed by atoms with van der Waals surface area (Å²) >= 11 is 0. The van der Waals surface area contributed by atoms with Crippen molar-refractivity contribution in [1.29, 1.82) is 0 Å². The molecular weight excluding hydrogens is 178 g/mol. The van der Waals surface area contributed by atoms with Crippen molar-refractivity contribution in [2.24, 2.45) is 5.73 Å². The molecule has 0 spiro atoms. The third-order valence-electron chi connectivity index (χ3n) is 2.53. The summed E-state index contributed by atoms with van der Waals surface area (Å²) in [6.07, 6.45) is 0.230. The number of hydrogen-bond donors (Lipinski definition) is 2. The molecule has 0 saturated heterocycles. The minimum absolute atomic E-state index is 0.230. The molecule has 0 unspecified atom stereocenters. The second kappa shape index (κ2) is 3.70. The smallest absolute Gasteiger partial charge is 0.221 e. The first kappa shape index (κ1) is 10.6. The lowest BCUT2D eigenvalue weighted by molar-refractivity contribution is -0.117. The molecule has 0 bridgehead atoms. The maximum atomic E-state index is 10.8. The lowest BCUT2D eigenvalue weighted by Crippen LogP contribution is -2.14. The van der Waals surface area contributed by atoms with Crippen LogP contribution in [0.4, 0.5) is 0 Å². The van der Waals surface area contributed by atoms with Crippen LogP contribution < -0.4 is 5.73 Å². The Morgan fingerprint density at radius 2 is 1.93 bits per heavy atom. The molecule has 1 aromatic carbocycles. The van der Waals surface area contributed by atoms with E-state index in [9.17, 15) is 9.90 Å². The van der Waals surface area contributed by atoms with Crippen LogP contribution in [0.2, 0.25) is 0 Å². The topological polar surface area (TPSA) is 63.3 Å². The third-order valence-corrected chi connectivity index (χ3v) is 2.53. The molecule has 0 fully saturated rings. The first-order valence-corrected chi connectivity index (χ1v) is 4.50. The summed E-state index contributed by atoms with van der Waals surface area (Å²) in [6.45, 7) is 5.53. The van der Waals surface area contributed by atoms with E-state index in [0.29, 0.717) is 5.75 Å². The van der Waals surface area contributed by atoms with E-state index in [1.54, 1.807) is 0 Å². The molecule has 0 aliphatic heterocycles. The van der Waals surface area contributed by atoms with E-state index in [1.807, 2.05) is 26.8 Å². The Balaban J connectivity index is 3.25. The highest BCUT2D eigenvalue weighted by atomic mass is 16.3. The Morgan fingerprint density at radius 3 is 2.43 bits per heavy atom. The molecule has 3 N–H and O–H groups in total. The molecule has 0 aromatic heterocycles. The zero-order chi connectivity index (χ0) is 10.9. The van der Waals surface area contributed by atoms with Crippen LogP contribution in [0.15, 0.2) is 6.07 Å². The van der Waals surface area contributed by atoms with Crippen molar-refractivity contribution in [2.45, 2.75) is 27.2 Å². The van der Waals surface area contributed by atoms with Gasteiger partial charge >= 0.3 is 0 Å². The molecular formula is C11H15NO2. The maximum absolute atomic E-state index is 10.8. The quantitative estimate of drug-likeness (QED) is 0.744. The van der Waals surface area contributed by atoms with Crippen LogP contribution in [-0.2, 0) is 11.2 Å². The van der Waals surface area contributed by atoms with Crippen LogP contribution >= 0.6 is 0 Å². The average Bonchev–Trinajstić information content (AvgIpc) is 2.10. The van der Waals surface area contributed by atoms with Crippen molar-refractivity contribution in [3.8, 4) is 5.75 Å². The highest BCUT2D eigenvalue weighted by Gasteiger charge is 2.10. The van der Waals surface area contributed by atoms with Crippen molar-refractivity contribution in [2.75, 3.05) is 0 Å². The van der Waals surface area contributed by atoms with Crippen molar-refractivity contribution in [3.05, 3.63) is 28.3 Å². The fraction of sp³-hybridized carbons (Fsp3) is 0.364. The number of phenolic OH excluding ortho intramolecular Hbond substituents is 1. The molecule has 3 heteroatoms. The van der Waals surface area contributed by atoms with E-state index in [0.717, 1.165) is 22.3 Å². The fourth-order valence-electron chi connectivity index (χ4n) is 1.52. The van der Waals surface area contributed by atoms with Crippen LogP contribution in [-0.4, -0.2) is 11.0 Å². The largest absolute Gasteiger partial charge is 0.507 e. The van der Waals surface area contributed by atoms with Gasteiger partial charge < -0.3 is 10.8 Å². The first-order valence-electron chi connectivity index (χ1n) is 4.50. The van der Waals surface area contributed by atoms with E-state index in [-0.39, 0.29) is 12.3 Å². The van der Waals surface area contributed by atoms with Gasteiger partial charge in [0, 0.05) is 0 Å². The van der Waals surface area contributed by atoms with Gasteiger partial charge in [-0.15, -0.1) is 0 Å². The highest BCUT2D eigenvalue weighted by Crippen LogP contribution is 2.27. The normalized spacial score (nSPS) is 10.2. The van der Waals surface area contributed by atoms with Gasteiger partial charge in [-0.25, -0.2) is 0 Å². The van der Waals surface area contributed by atoms with Gasteiger partial charge in [0.1, 0.15) is 5.75 Å². The lowest BCUT2D eigenvalue weighted by Gasteiger charge is -2.11. The summed E-state index contributed by atoms with van der Waals surface area (Å²) in [5.74, 6) is -0.0479. The van der Waals surface area contributed by atoms with Crippen molar-refractivity contribution in [1.82, 2.24) is 0 Å². The first-order chi connectivity index (χ1) is 6.43. The number of primary amides is 1. The second-order valence-corrected chi connectivity index (χ2v) is 3.59. The van der Waals surface area contributed by atoms with E-state index in [4.69, 9.17) is 5.73 Å². The Kier molecular flexibility index (Phi) is 2.79. The molecule has 3 nitrogen and oxygen atoms in total. The SMILES string of the molecule is Cc1cc(CC(N)=O)c(C)c(C)c1O. The Bertz CT molecular complexity index is 383. The maximum Gasteiger partial charge on any atom is 0.221 e. The molecule has 0 aliphatic rings. The molecule has 76 valence electrons. The highest BCUT2D eigenvalue weighted by molar-refractivity contribution is 5.77. The number of phenols is 1. The molecule has 1 amide bonds. The van der Waals surface area contributed by atoms with Gasteiger partial charge in [0.2, 0.25) is 5.91 Å². The van der Waals surface area contributed by atoms with Gasteiger partial charge in [0.25, 0.3) is 0 Å². The Morgan fingerprint density at radius 1 is 1.36 bits per heavy atom. The monoisotopic (exact) mass is 193 g/mol. The van der Waals surface area contributed by atoms with Crippen molar-refractivity contribution >= 4 is 5.91 Å². The van der Waals surface area contributed by atoms with Gasteiger partial charge in [0.15, 0.2) is 0 Å². The Hall–Kier alpha value is -1.51. The van der Waals surface area contributed by atoms with Gasteiger partial charge in [-0.3, -0.25) is 4.79 Å². The molecule has 14 heavy (non-hydrogen) atoms. The lowest BCUT2D eigenvalue weighted by atomic mass is 9.96. The number of nitrogens with two attached hydrogens (primary N) is 1. The molecule has 1 aromatic rings. The third kappa shape index (κ3) is 1.87. The predicted octanol–water partition coefficient (Wildman–Crippen LogP) is 1.35. The molecule has 0 atom stereocenters. The van der Waals surface area contributed by atoms with Gasteiger partial charge in [-0.05, 0) is 43.0 Å². The van der Waals surface area contributed by atoms with Crippen LogP contribution in [0, 0.1) is 20.8 Å². The van der Waals surface area contributed by atoms with Gasteiger partial charge in [0.05, 0.1) is 6.42 Å². The predicted molar refractivity (Wildman–Crippen MR) is 55.2 cm³/mol. The number of carbonyl (C=O) groups excluding carboxylic acids is 1. The Labute approximate surface area is 83.6 Å². The van der Waals surface area contributed by atoms with Crippen LogP contribution in [0.3, 0.4) is 0 Å². The van der Waals surface area contributed by atoms with Gasteiger partial charge in [-0.2, -0.15) is 0 Å². The summed E-state index contributed by atoms with van der Waals surface area (Å²) in [4.78, 5) is 10.8. The van der Waals surface area contributed by atoms with Crippen LogP contribution in [0.1, 0.15) is 22.3 Å². The van der Waals surface area contributed by atoms with Crippen molar-refractivity contribution < 1.29 is 9.90 Å².